The third-order valence-corrected chi connectivity index (χ3v) is 3.68. The van der Waals surface area contributed by atoms with Gasteiger partial charge in [-0.2, -0.15) is 18.2 Å². The van der Waals surface area contributed by atoms with Crippen LogP contribution in [0.3, 0.4) is 0 Å². The highest BCUT2D eigenvalue weighted by Gasteiger charge is 2.34. The Hall–Kier alpha value is -1.29. The van der Waals surface area contributed by atoms with Crippen LogP contribution in [0.4, 0.5) is 30.6 Å². The van der Waals surface area contributed by atoms with Gasteiger partial charge < -0.3 is 10.6 Å². The lowest BCUT2D eigenvalue weighted by atomic mass is 10.1. The van der Waals surface area contributed by atoms with Crippen molar-refractivity contribution in [1.29, 1.82) is 0 Å². The van der Waals surface area contributed by atoms with E-state index in [1.807, 2.05) is 0 Å². The Morgan fingerprint density at radius 2 is 1.75 bits per heavy atom. The zero-order chi connectivity index (χ0) is 18.1. The molecular formula is C15H15ClF3IN4. The number of anilines is 3. The van der Waals surface area contributed by atoms with Gasteiger partial charge in [0.15, 0.2) is 5.69 Å². The highest BCUT2D eigenvalue weighted by molar-refractivity contribution is 14.1. The predicted molar refractivity (Wildman–Crippen MR) is 97.9 cm³/mol. The Morgan fingerprint density at radius 1 is 1.08 bits per heavy atom. The van der Waals surface area contributed by atoms with Crippen molar-refractivity contribution >= 4 is 51.6 Å². The summed E-state index contributed by atoms with van der Waals surface area (Å²) in [6, 6.07) is 6.01. The van der Waals surface area contributed by atoms with Crippen molar-refractivity contribution in [1.82, 2.24) is 9.97 Å². The Labute approximate surface area is 156 Å². The van der Waals surface area contributed by atoms with E-state index in [1.165, 1.54) is 0 Å². The maximum absolute atomic E-state index is 13.1. The van der Waals surface area contributed by atoms with E-state index in [4.69, 9.17) is 11.6 Å². The summed E-state index contributed by atoms with van der Waals surface area (Å²) in [6.07, 6.45) is -4.58. The summed E-state index contributed by atoms with van der Waals surface area (Å²) in [4.78, 5) is 7.64. The fourth-order valence-corrected chi connectivity index (χ4v) is 2.68. The van der Waals surface area contributed by atoms with Crippen LogP contribution in [-0.2, 0) is 6.18 Å². The van der Waals surface area contributed by atoms with Gasteiger partial charge in [0, 0.05) is 15.2 Å². The van der Waals surface area contributed by atoms with E-state index >= 15 is 0 Å². The minimum absolute atomic E-state index is 0.00665. The van der Waals surface area contributed by atoms with Crippen molar-refractivity contribution in [2.75, 3.05) is 10.6 Å². The van der Waals surface area contributed by atoms with Crippen LogP contribution in [0.1, 0.15) is 26.5 Å². The summed E-state index contributed by atoms with van der Waals surface area (Å²) in [5, 5.41) is 6.05. The standard InChI is InChI=1S/C15H15ClF3IN4/c1-14(2,3)24-13-22-11(15(17,18)19)7-12(23-13)21-10-5-4-8(20)6-9(10)16/h4-7H,1-3H3,(H2,21,22,23,24). The second-order valence-corrected chi connectivity index (χ2v) is 7.74. The molecule has 0 aliphatic rings. The second-order valence-electron chi connectivity index (χ2n) is 6.08. The lowest BCUT2D eigenvalue weighted by molar-refractivity contribution is -0.141. The summed E-state index contributed by atoms with van der Waals surface area (Å²) in [5.74, 6) is -0.103. The summed E-state index contributed by atoms with van der Waals surface area (Å²) >= 11 is 8.20. The van der Waals surface area contributed by atoms with Gasteiger partial charge in [-0.3, -0.25) is 0 Å². The number of hydrogen-bond donors (Lipinski definition) is 2. The quantitative estimate of drug-likeness (QED) is 0.565. The van der Waals surface area contributed by atoms with Gasteiger partial charge in [0.2, 0.25) is 5.95 Å². The molecule has 0 amide bonds. The molecule has 130 valence electrons. The van der Waals surface area contributed by atoms with E-state index in [-0.39, 0.29) is 11.8 Å². The summed E-state index contributed by atoms with van der Waals surface area (Å²) < 4.78 is 40.2. The predicted octanol–water partition coefficient (Wildman–Crippen LogP) is 5.71. The number of aromatic nitrogens is 2. The van der Waals surface area contributed by atoms with E-state index in [2.05, 4.69) is 43.2 Å². The fourth-order valence-electron chi connectivity index (χ4n) is 1.78. The molecule has 4 nitrogen and oxygen atoms in total. The van der Waals surface area contributed by atoms with Gasteiger partial charge in [0.05, 0.1) is 10.7 Å². The summed E-state index contributed by atoms with van der Waals surface area (Å²) in [6.45, 7) is 5.42. The van der Waals surface area contributed by atoms with Crippen LogP contribution < -0.4 is 10.6 Å². The summed E-state index contributed by atoms with van der Waals surface area (Å²) in [5.41, 5.74) is -1.05. The monoisotopic (exact) mass is 470 g/mol. The van der Waals surface area contributed by atoms with Crippen LogP contribution >= 0.6 is 34.2 Å². The lowest BCUT2D eigenvalue weighted by Crippen LogP contribution is -2.28. The Balaban J connectivity index is 2.42. The van der Waals surface area contributed by atoms with Crippen molar-refractivity contribution in [3.05, 3.63) is 38.6 Å². The molecule has 0 aliphatic heterocycles. The number of halogens is 5. The zero-order valence-corrected chi connectivity index (χ0v) is 16.0. The topological polar surface area (TPSA) is 49.8 Å². The number of alkyl halides is 3. The lowest BCUT2D eigenvalue weighted by Gasteiger charge is -2.21. The normalized spacial score (nSPS) is 12.2. The van der Waals surface area contributed by atoms with E-state index < -0.39 is 17.4 Å². The van der Waals surface area contributed by atoms with Crippen molar-refractivity contribution < 1.29 is 13.2 Å². The van der Waals surface area contributed by atoms with Gasteiger partial charge >= 0.3 is 6.18 Å². The van der Waals surface area contributed by atoms with Crippen molar-refractivity contribution in [2.24, 2.45) is 0 Å². The maximum atomic E-state index is 13.1. The van der Waals surface area contributed by atoms with E-state index in [0.717, 1.165) is 9.64 Å². The van der Waals surface area contributed by atoms with Crippen molar-refractivity contribution in [3.63, 3.8) is 0 Å². The molecule has 0 saturated carbocycles. The van der Waals surface area contributed by atoms with E-state index in [0.29, 0.717) is 10.7 Å². The number of benzene rings is 1. The second kappa shape index (κ2) is 6.91. The minimum atomic E-state index is -4.58. The number of hydrogen-bond acceptors (Lipinski definition) is 4. The van der Waals surface area contributed by atoms with Crippen LogP contribution in [0.2, 0.25) is 5.02 Å². The van der Waals surface area contributed by atoms with Gasteiger partial charge in [-0.05, 0) is 61.6 Å². The van der Waals surface area contributed by atoms with Gasteiger partial charge in [-0.25, -0.2) is 4.98 Å². The van der Waals surface area contributed by atoms with Crippen LogP contribution in [0.15, 0.2) is 24.3 Å². The smallest absolute Gasteiger partial charge is 0.350 e. The first-order chi connectivity index (χ1) is 10.9. The molecule has 1 heterocycles. The molecule has 0 bridgehead atoms. The molecule has 2 aromatic rings. The number of nitrogens with one attached hydrogen (secondary N) is 2. The number of rotatable bonds is 3. The first-order valence-corrected chi connectivity index (χ1v) is 8.36. The van der Waals surface area contributed by atoms with Crippen molar-refractivity contribution in [3.8, 4) is 0 Å². The largest absolute Gasteiger partial charge is 0.433 e. The SMILES string of the molecule is CC(C)(C)Nc1nc(Nc2ccc(I)cc2Cl)cc(C(F)(F)F)n1. The molecule has 0 fully saturated rings. The molecule has 0 atom stereocenters. The highest BCUT2D eigenvalue weighted by Crippen LogP contribution is 2.32. The van der Waals surface area contributed by atoms with Crippen LogP contribution in [0, 0.1) is 3.57 Å². The molecule has 0 unspecified atom stereocenters. The zero-order valence-electron chi connectivity index (χ0n) is 13.1. The van der Waals surface area contributed by atoms with E-state index in [9.17, 15) is 13.2 Å². The average Bonchev–Trinajstić information content (AvgIpc) is 2.39. The van der Waals surface area contributed by atoms with Crippen LogP contribution in [0.25, 0.3) is 0 Å². The van der Waals surface area contributed by atoms with Gasteiger partial charge in [-0.1, -0.05) is 11.6 Å². The molecule has 0 saturated heterocycles. The highest BCUT2D eigenvalue weighted by atomic mass is 127. The third-order valence-electron chi connectivity index (χ3n) is 2.70. The van der Waals surface area contributed by atoms with Crippen LogP contribution in [-0.4, -0.2) is 15.5 Å². The molecule has 24 heavy (non-hydrogen) atoms. The number of nitrogens with zero attached hydrogens (tertiary/aromatic N) is 2. The van der Waals surface area contributed by atoms with E-state index in [1.54, 1.807) is 39.0 Å². The third kappa shape index (κ3) is 5.37. The first kappa shape index (κ1) is 19.0. The molecule has 0 aliphatic carbocycles. The molecule has 2 rings (SSSR count). The first-order valence-electron chi connectivity index (χ1n) is 6.90. The Morgan fingerprint density at radius 3 is 2.29 bits per heavy atom. The molecule has 1 aromatic heterocycles. The molecule has 9 heteroatoms. The van der Waals surface area contributed by atoms with Gasteiger partial charge in [-0.15, -0.1) is 0 Å². The van der Waals surface area contributed by atoms with Crippen molar-refractivity contribution in [2.45, 2.75) is 32.5 Å². The Kier molecular flexibility index (Phi) is 5.48. The molecule has 1 aromatic carbocycles. The fraction of sp³-hybridized carbons (Fsp3) is 0.333. The van der Waals surface area contributed by atoms with Crippen LogP contribution in [0.5, 0.6) is 0 Å². The molecular weight excluding hydrogens is 456 g/mol. The molecule has 0 radical (unpaired) electrons. The maximum Gasteiger partial charge on any atom is 0.433 e. The van der Waals surface area contributed by atoms with Gasteiger partial charge in [0.25, 0.3) is 0 Å². The Bertz CT molecular complexity index is 744. The average molecular weight is 471 g/mol. The molecule has 0 spiro atoms. The molecule has 2 N–H and O–H groups in total. The summed E-state index contributed by atoms with van der Waals surface area (Å²) in [7, 11) is 0. The van der Waals surface area contributed by atoms with Gasteiger partial charge in [0.1, 0.15) is 5.82 Å². The minimum Gasteiger partial charge on any atom is -0.350 e.